The number of non-ortho nitro benzene ring substituents is 1. The van der Waals surface area contributed by atoms with Gasteiger partial charge in [-0.25, -0.2) is 18.0 Å². The van der Waals surface area contributed by atoms with E-state index in [0.717, 1.165) is 18.2 Å². The number of halogens is 1. The number of hydrogen-bond donors (Lipinski definition) is 5. The number of carbonyl (C=O) groups excluding carboxylic acids is 1. The highest BCUT2D eigenvalue weighted by molar-refractivity contribution is 7.93. The molecule has 12 nitrogen and oxygen atoms in total. The summed E-state index contributed by atoms with van der Waals surface area (Å²) in [6, 6.07) is 7.40. The van der Waals surface area contributed by atoms with Crippen LogP contribution in [0.15, 0.2) is 47.4 Å². The van der Waals surface area contributed by atoms with E-state index >= 15 is 0 Å². The molecular weight excluding hydrogens is 442 g/mol. The Kier molecular flexibility index (Phi) is 7.38. The number of hydrogen-bond acceptors (Lipinski definition) is 7. The smallest absolute Gasteiger partial charge is 0.337 e. The fourth-order valence-corrected chi connectivity index (χ4v) is 3.59. The fraction of sp³-hybridized carbons (Fsp3) is 0.125. The van der Waals surface area contributed by atoms with Gasteiger partial charge in [0.05, 0.1) is 21.9 Å². The van der Waals surface area contributed by atoms with Gasteiger partial charge in [0.1, 0.15) is 4.90 Å². The summed E-state index contributed by atoms with van der Waals surface area (Å²) in [5.41, 5.74) is 3.25. The maximum atomic E-state index is 12.9. The van der Waals surface area contributed by atoms with Gasteiger partial charge in [0, 0.05) is 24.6 Å². The van der Waals surface area contributed by atoms with Gasteiger partial charge in [-0.1, -0.05) is 12.1 Å². The van der Waals surface area contributed by atoms with Crippen molar-refractivity contribution in [1.82, 2.24) is 10.7 Å². The number of anilines is 2. The highest BCUT2D eigenvalue weighted by Crippen LogP contribution is 2.28. The molecule has 0 unspecified atom stereocenters. The van der Waals surface area contributed by atoms with Crippen LogP contribution in [0.25, 0.3) is 0 Å². The van der Waals surface area contributed by atoms with E-state index in [1.807, 2.05) is 0 Å². The minimum absolute atomic E-state index is 0.147. The zero-order chi connectivity index (χ0) is 22.3. The Hall–Kier alpha value is -3.58. The van der Waals surface area contributed by atoms with E-state index in [0.29, 0.717) is 0 Å². The first-order valence-electron chi connectivity index (χ1n) is 8.15. The van der Waals surface area contributed by atoms with E-state index in [1.54, 1.807) is 0 Å². The quantitative estimate of drug-likeness (QED) is 0.215. The molecule has 0 radical (unpaired) electrons. The Labute approximate surface area is 175 Å². The number of nitro benzene ring substituents is 1. The van der Waals surface area contributed by atoms with Crippen molar-refractivity contribution in [2.45, 2.75) is 4.90 Å². The second-order valence-electron chi connectivity index (χ2n) is 5.59. The fourth-order valence-electron chi connectivity index (χ4n) is 2.24. The molecule has 0 fully saturated rings. The SMILES string of the molecule is O=C(NCCCl)NNc1ccc([N+](=O)[O-])cc1S(=O)(=O)Nc1ccccc1C(=O)O. The molecular formula is C16H16ClN5O7S. The highest BCUT2D eigenvalue weighted by atomic mass is 35.5. The molecule has 2 aromatic carbocycles. The molecule has 160 valence electrons. The second-order valence-corrected chi connectivity index (χ2v) is 7.62. The van der Waals surface area contributed by atoms with Crippen molar-refractivity contribution >= 4 is 50.7 Å². The number of aromatic carboxylic acids is 1. The Morgan fingerprint density at radius 3 is 2.47 bits per heavy atom. The summed E-state index contributed by atoms with van der Waals surface area (Å²) in [7, 11) is -4.49. The third kappa shape index (κ3) is 5.71. The van der Waals surface area contributed by atoms with E-state index in [9.17, 15) is 33.2 Å². The summed E-state index contributed by atoms with van der Waals surface area (Å²) >= 11 is 5.45. The largest absolute Gasteiger partial charge is 0.478 e. The third-order valence-corrected chi connectivity index (χ3v) is 5.15. The van der Waals surface area contributed by atoms with Gasteiger partial charge in [-0.15, -0.1) is 11.6 Å². The molecule has 5 N–H and O–H groups in total. The molecule has 2 rings (SSSR count). The van der Waals surface area contributed by atoms with Crippen LogP contribution in [0.1, 0.15) is 10.4 Å². The summed E-state index contributed by atoms with van der Waals surface area (Å²) < 4.78 is 27.8. The zero-order valence-electron chi connectivity index (χ0n) is 15.1. The molecule has 0 aliphatic heterocycles. The molecule has 0 bridgehead atoms. The normalized spacial score (nSPS) is 10.7. The third-order valence-electron chi connectivity index (χ3n) is 3.56. The van der Waals surface area contributed by atoms with Crippen molar-refractivity contribution in [2.24, 2.45) is 0 Å². The highest BCUT2D eigenvalue weighted by Gasteiger charge is 2.24. The maximum absolute atomic E-state index is 12.9. The lowest BCUT2D eigenvalue weighted by Gasteiger charge is -2.15. The summed E-state index contributed by atoms with van der Waals surface area (Å²) in [6.45, 7) is 0.147. The van der Waals surface area contributed by atoms with Crippen molar-refractivity contribution in [3.05, 3.63) is 58.1 Å². The number of carbonyl (C=O) groups is 2. The van der Waals surface area contributed by atoms with Gasteiger partial charge in [-0.2, -0.15) is 0 Å². The standard InChI is InChI=1S/C16H16ClN5O7S/c17-7-8-18-16(25)20-19-13-6-5-10(22(26)27)9-14(13)30(28,29)21-12-4-2-1-3-11(12)15(23)24/h1-6,9,19,21H,7-8H2,(H,23,24)(H2,18,20,25). The molecule has 0 aliphatic rings. The minimum atomic E-state index is -4.49. The topological polar surface area (TPSA) is 180 Å². The minimum Gasteiger partial charge on any atom is -0.478 e. The molecule has 0 spiro atoms. The van der Waals surface area contributed by atoms with Gasteiger partial charge in [0.15, 0.2) is 0 Å². The van der Waals surface area contributed by atoms with Crippen LogP contribution in [-0.4, -0.2) is 42.9 Å². The molecule has 14 heteroatoms. The van der Waals surface area contributed by atoms with Gasteiger partial charge < -0.3 is 10.4 Å². The molecule has 0 atom stereocenters. The number of nitrogens with one attached hydrogen (secondary N) is 4. The number of urea groups is 1. The first kappa shape index (κ1) is 22.7. The molecule has 0 aromatic heterocycles. The number of benzene rings is 2. The van der Waals surface area contributed by atoms with E-state index in [4.69, 9.17) is 11.6 Å². The van der Waals surface area contributed by atoms with E-state index in [2.05, 4.69) is 20.9 Å². The first-order chi connectivity index (χ1) is 14.2. The van der Waals surface area contributed by atoms with Gasteiger partial charge >= 0.3 is 12.0 Å². The lowest BCUT2D eigenvalue weighted by atomic mass is 10.2. The van der Waals surface area contributed by atoms with E-state index in [1.165, 1.54) is 24.3 Å². The van der Waals surface area contributed by atoms with Gasteiger partial charge in [0.2, 0.25) is 0 Å². The number of nitro groups is 1. The second kappa shape index (κ2) is 9.76. The zero-order valence-corrected chi connectivity index (χ0v) is 16.7. The Morgan fingerprint density at radius 2 is 1.83 bits per heavy atom. The number of nitrogens with zero attached hydrogens (tertiary/aromatic N) is 1. The van der Waals surface area contributed by atoms with Crippen LogP contribution in [0, 0.1) is 10.1 Å². The van der Waals surface area contributed by atoms with Crippen molar-refractivity contribution in [1.29, 1.82) is 0 Å². The lowest BCUT2D eigenvalue weighted by molar-refractivity contribution is -0.385. The Morgan fingerprint density at radius 1 is 1.13 bits per heavy atom. The van der Waals surface area contributed by atoms with Crippen LogP contribution in [-0.2, 0) is 10.0 Å². The van der Waals surface area contributed by atoms with Crippen molar-refractivity contribution in [3.63, 3.8) is 0 Å². The predicted octanol–water partition coefficient (Wildman–Crippen LogP) is 1.96. The van der Waals surface area contributed by atoms with Crippen LogP contribution in [0.2, 0.25) is 0 Å². The van der Waals surface area contributed by atoms with Gasteiger partial charge in [-0.3, -0.25) is 25.7 Å². The van der Waals surface area contributed by atoms with Crippen molar-refractivity contribution in [3.8, 4) is 0 Å². The Bertz CT molecular complexity index is 1080. The van der Waals surface area contributed by atoms with Gasteiger partial charge in [-0.05, 0) is 18.2 Å². The number of alkyl halides is 1. The molecule has 0 heterocycles. The van der Waals surface area contributed by atoms with Crippen LogP contribution in [0.3, 0.4) is 0 Å². The summed E-state index contributed by atoms with van der Waals surface area (Å²) in [5, 5.41) is 22.7. The van der Waals surface area contributed by atoms with Crippen LogP contribution in [0.5, 0.6) is 0 Å². The summed E-state index contributed by atoms with van der Waals surface area (Å²) in [6.07, 6.45) is 0. The number of carboxylic acids is 1. The number of rotatable bonds is 9. The predicted molar refractivity (Wildman–Crippen MR) is 108 cm³/mol. The van der Waals surface area contributed by atoms with Crippen LogP contribution < -0.4 is 20.9 Å². The lowest BCUT2D eigenvalue weighted by Crippen LogP contribution is -2.40. The van der Waals surface area contributed by atoms with Crippen molar-refractivity contribution in [2.75, 3.05) is 22.6 Å². The molecule has 2 amide bonds. The van der Waals surface area contributed by atoms with Gasteiger partial charge in [0.25, 0.3) is 15.7 Å². The molecule has 0 saturated carbocycles. The monoisotopic (exact) mass is 457 g/mol. The first-order valence-corrected chi connectivity index (χ1v) is 10.2. The molecule has 2 aromatic rings. The summed E-state index contributed by atoms with van der Waals surface area (Å²) in [4.78, 5) is 32.7. The van der Waals surface area contributed by atoms with Crippen LogP contribution >= 0.6 is 11.6 Å². The molecule has 30 heavy (non-hydrogen) atoms. The van der Waals surface area contributed by atoms with E-state index in [-0.39, 0.29) is 29.4 Å². The van der Waals surface area contributed by atoms with Crippen molar-refractivity contribution < 1.29 is 28.0 Å². The molecule has 0 aliphatic carbocycles. The Balaban J connectivity index is 2.41. The van der Waals surface area contributed by atoms with E-state index < -0.39 is 37.5 Å². The number of carboxylic acid groups (broad SMARTS) is 1. The number of amides is 2. The average Bonchev–Trinajstić information content (AvgIpc) is 2.70. The number of para-hydroxylation sites is 1. The number of sulfonamides is 1. The number of hydrazine groups is 1. The average molecular weight is 458 g/mol. The molecule has 0 saturated heterocycles. The van der Waals surface area contributed by atoms with Crippen LogP contribution in [0.4, 0.5) is 21.9 Å². The maximum Gasteiger partial charge on any atom is 0.337 e. The summed E-state index contributed by atoms with van der Waals surface area (Å²) in [5.74, 6) is -1.22.